The molecular formula is C14H24N2O4. The third-order valence-corrected chi connectivity index (χ3v) is 4.25. The number of nitrogens with zero attached hydrogens (tertiary/aromatic N) is 1. The van der Waals surface area contributed by atoms with Gasteiger partial charge in [-0.3, -0.25) is 4.79 Å². The Labute approximate surface area is 119 Å². The Bertz CT molecular complexity index is 377. The number of piperidine rings is 1. The van der Waals surface area contributed by atoms with Crippen molar-refractivity contribution in [3.63, 3.8) is 0 Å². The van der Waals surface area contributed by atoms with Gasteiger partial charge in [-0.2, -0.15) is 0 Å². The van der Waals surface area contributed by atoms with Crippen molar-refractivity contribution in [3.05, 3.63) is 0 Å². The predicted octanol–water partition coefficient (Wildman–Crippen LogP) is 0.467. The van der Waals surface area contributed by atoms with Crippen LogP contribution in [0, 0.1) is 5.41 Å². The maximum absolute atomic E-state index is 12.4. The summed E-state index contributed by atoms with van der Waals surface area (Å²) in [4.78, 5) is 25.5. The zero-order valence-corrected chi connectivity index (χ0v) is 12.2. The van der Waals surface area contributed by atoms with Crippen LogP contribution in [0.1, 0.15) is 33.1 Å². The number of carboxylic acid groups (broad SMARTS) is 1. The van der Waals surface area contributed by atoms with E-state index in [1.807, 2.05) is 13.8 Å². The molecule has 1 amide bonds. The summed E-state index contributed by atoms with van der Waals surface area (Å²) in [6.07, 6.45) is 2.00. The maximum atomic E-state index is 12.4. The molecule has 0 aliphatic carbocycles. The summed E-state index contributed by atoms with van der Waals surface area (Å²) in [6.45, 7) is 6.30. The van der Waals surface area contributed by atoms with Crippen LogP contribution >= 0.6 is 0 Å². The monoisotopic (exact) mass is 284 g/mol. The number of nitrogens with one attached hydrogen (secondary N) is 1. The lowest BCUT2D eigenvalue weighted by atomic mass is 9.76. The van der Waals surface area contributed by atoms with E-state index < -0.39 is 12.0 Å². The number of carbonyl (C=O) groups is 2. The largest absolute Gasteiger partial charge is 0.480 e. The predicted molar refractivity (Wildman–Crippen MR) is 73.4 cm³/mol. The number of carboxylic acids is 1. The standard InChI is InChI=1S/C14H24N2O4/c1-14(2)4-3-6-16(12(14)13(18)19)11(17)8-10-9-20-7-5-15-10/h10,12,15H,3-9H2,1-2H3,(H,18,19). The van der Waals surface area contributed by atoms with Gasteiger partial charge in [-0.15, -0.1) is 0 Å². The molecule has 2 heterocycles. The van der Waals surface area contributed by atoms with Gasteiger partial charge >= 0.3 is 5.97 Å². The van der Waals surface area contributed by atoms with E-state index in [9.17, 15) is 14.7 Å². The number of morpholine rings is 1. The molecule has 2 atom stereocenters. The summed E-state index contributed by atoms with van der Waals surface area (Å²) in [5, 5.41) is 12.7. The molecule has 6 nitrogen and oxygen atoms in total. The second-order valence-electron chi connectivity index (χ2n) is 6.35. The van der Waals surface area contributed by atoms with Gasteiger partial charge in [-0.1, -0.05) is 13.8 Å². The molecule has 0 bridgehead atoms. The third kappa shape index (κ3) is 3.30. The molecular weight excluding hydrogens is 260 g/mol. The molecule has 2 fully saturated rings. The topological polar surface area (TPSA) is 78.9 Å². The molecule has 2 aliphatic heterocycles. The molecule has 2 unspecified atom stereocenters. The Hall–Kier alpha value is -1.14. The molecule has 0 aromatic rings. The minimum absolute atomic E-state index is 0.00395. The van der Waals surface area contributed by atoms with E-state index in [-0.39, 0.29) is 17.4 Å². The molecule has 20 heavy (non-hydrogen) atoms. The fraction of sp³-hybridized carbons (Fsp3) is 0.857. The minimum atomic E-state index is -0.907. The first-order valence-electron chi connectivity index (χ1n) is 7.25. The van der Waals surface area contributed by atoms with Crippen LogP contribution in [-0.2, 0) is 14.3 Å². The van der Waals surface area contributed by atoms with Crippen LogP contribution in [0.4, 0.5) is 0 Å². The number of carbonyl (C=O) groups excluding carboxylic acids is 1. The zero-order chi connectivity index (χ0) is 14.8. The molecule has 0 saturated carbocycles. The second kappa shape index (κ2) is 6.10. The average molecular weight is 284 g/mol. The number of rotatable bonds is 3. The zero-order valence-electron chi connectivity index (χ0n) is 12.2. The third-order valence-electron chi connectivity index (χ3n) is 4.25. The van der Waals surface area contributed by atoms with Gasteiger partial charge in [0.25, 0.3) is 0 Å². The fourth-order valence-electron chi connectivity index (χ4n) is 3.21. The quantitative estimate of drug-likeness (QED) is 0.787. The number of ether oxygens (including phenoxy) is 1. The number of hydrogen-bond donors (Lipinski definition) is 2. The summed E-state index contributed by atoms with van der Waals surface area (Å²) < 4.78 is 5.34. The minimum Gasteiger partial charge on any atom is -0.480 e. The van der Waals surface area contributed by atoms with E-state index in [2.05, 4.69) is 5.32 Å². The number of aliphatic carboxylic acids is 1. The molecule has 0 spiro atoms. The van der Waals surface area contributed by atoms with Crippen molar-refractivity contribution in [3.8, 4) is 0 Å². The van der Waals surface area contributed by atoms with Gasteiger partial charge in [0.15, 0.2) is 0 Å². The molecule has 6 heteroatoms. The summed E-state index contributed by atoms with van der Waals surface area (Å²) in [5.41, 5.74) is -0.379. The Balaban J connectivity index is 2.04. The van der Waals surface area contributed by atoms with Crippen molar-refractivity contribution in [2.45, 2.75) is 45.2 Å². The van der Waals surface area contributed by atoms with Crippen molar-refractivity contribution in [1.82, 2.24) is 10.2 Å². The van der Waals surface area contributed by atoms with Gasteiger partial charge in [0.1, 0.15) is 6.04 Å². The molecule has 2 N–H and O–H groups in total. The summed E-state index contributed by atoms with van der Waals surface area (Å²) in [7, 11) is 0. The van der Waals surface area contributed by atoms with Crippen molar-refractivity contribution in [2.75, 3.05) is 26.3 Å². The molecule has 2 rings (SSSR count). The van der Waals surface area contributed by atoms with Crippen LogP contribution in [-0.4, -0.2) is 60.3 Å². The van der Waals surface area contributed by atoms with Crippen molar-refractivity contribution in [2.24, 2.45) is 5.41 Å². The van der Waals surface area contributed by atoms with Gasteiger partial charge in [-0.25, -0.2) is 4.79 Å². The van der Waals surface area contributed by atoms with Crippen LogP contribution in [0.5, 0.6) is 0 Å². The van der Waals surface area contributed by atoms with Gasteiger partial charge in [0.2, 0.25) is 5.91 Å². The molecule has 0 aromatic carbocycles. The van der Waals surface area contributed by atoms with Gasteiger partial charge in [0.05, 0.1) is 13.2 Å². The molecule has 0 aromatic heterocycles. The van der Waals surface area contributed by atoms with E-state index in [1.54, 1.807) is 4.90 Å². The molecule has 114 valence electrons. The summed E-state index contributed by atoms with van der Waals surface area (Å²) in [6, 6.07) is -0.732. The van der Waals surface area contributed by atoms with Crippen LogP contribution in [0.15, 0.2) is 0 Å². The summed E-state index contributed by atoms with van der Waals surface area (Å²) in [5.74, 6) is -0.996. The van der Waals surface area contributed by atoms with Crippen LogP contribution in [0.2, 0.25) is 0 Å². The first kappa shape index (κ1) is 15.3. The highest BCUT2D eigenvalue weighted by molar-refractivity contribution is 5.84. The highest BCUT2D eigenvalue weighted by atomic mass is 16.5. The lowest BCUT2D eigenvalue weighted by Gasteiger charge is -2.44. The van der Waals surface area contributed by atoms with Crippen LogP contribution in [0.25, 0.3) is 0 Å². The van der Waals surface area contributed by atoms with E-state index in [0.717, 1.165) is 19.4 Å². The van der Waals surface area contributed by atoms with Crippen molar-refractivity contribution < 1.29 is 19.4 Å². The van der Waals surface area contributed by atoms with E-state index in [0.29, 0.717) is 26.2 Å². The van der Waals surface area contributed by atoms with Crippen molar-refractivity contribution >= 4 is 11.9 Å². The number of hydrogen-bond acceptors (Lipinski definition) is 4. The Morgan fingerprint density at radius 3 is 2.80 bits per heavy atom. The first-order chi connectivity index (χ1) is 9.42. The van der Waals surface area contributed by atoms with E-state index in [4.69, 9.17) is 4.74 Å². The van der Waals surface area contributed by atoms with E-state index in [1.165, 1.54) is 0 Å². The summed E-state index contributed by atoms with van der Waals surface area (Å²) >= 11 is 0. The number of likely N-dealkylation sites (tertiary alicyclic amines) is 1. The first-order valence-corrected chi connectivity index (χ1v) is 7.25. The number of amides is 1. The Kier molecular flexibility index (Phi) is 4.65. The fourth-order valence-corrected chi connectivity index (χ4v) is 3.21. The van der Waals surface area contributed by atoms with Crippen molar-refractivity contribution in [1.29, 1.82) is 0 Å². The Morgan fingerprint density at radius 1 is 1.45 bits per heavy atom. The smallest absolute Gasteiger partial charge is 0.326 e. The molecule has 2 aliphatic rings. The lowest BCUT2D eigenvalue weighted by Crippen LogP contribution is -2.57. The molecule has 2 saturated heterocycles. The Morgan fingerprint density at radius 2 is 2.20 bits per heavy atom. The van der Waals surface area contributed by atoms with Gasteiger partial charge in [-0.05, 0) is 18.3 Å². The van der Waals surface area contributed by atoms with Gasteiger partial charge in [0, 0.05) is 25.6 Å². The van der Waals surface area contributed by atoms with Crippen LogP contribution in [0.3, 0.4) is 0 Å². The van der Waals surface area contributed by atoms with Gasteiger partial charge < -0.3 is 20.1 Å². The lowest BCUT2D eigenvalue weighted by molar-refractivity contribution is -0.159. The normalized spacial score (nSPS) is 30.0. The van der Waals surface area contributed by atoms with E-state index >= 15 is 0 Å². The van der Waals surface area contributed by atoms with Crippen LogP contribution < -0.4 is 5.32 Å². The highest BCUT2D eigenvalue weighted by Crippen LogP contribution is 2.35. The average Bonchev–Trinajstić information content (AvgIpc) is 2.37. The highest BCUT2D eigenvalue weighted by Gasteiger charge is 2.44. The maximum Gasteiger partial charge on any atom is 0.326 e. The molecule has 0 radical (unpaired) electrons. The SMILES string of the molecule is CC1(C)CCCN(C(=O)CC2COCCN2)C1C(=O)O. The second-order valence-corrected chi connectivity index (χ2v) is 6.35.